The van der Waals surface area contributed by atoms with E-state index in [0.29, 0.717) is 15.7 Å². The minimum atomic E-state index is -0.515. The Labute approximate surface area is 146 Å². The number of amides is 1. The van der Waals surface area contributed by atoms with Gasteiger partial charge in [-0.15, -0.1) is 0 Å². The summed E-state index contributed by atoms with van der Waals surface area (Å²) in [7, 11) is 1.54. The van der Waals surface area contributed by atoms with Crippen molar-refractivity contribution in [2.75, 3.05) is 7.05 Å². The van der Waals surface area contributed by atoms with Crippen molar-refractivity contribution in [1.29, 1.82) is 0 Å². The molecule has 128 valence electrons. The summed E-state index contributed by atoms with van der Waals surface area (Å²) in [5.41, 5.74) is 0.849. The summed E-state index contributed by atoms with van der Waals surface area (Å²) in [5, 5.41) is 15.0. The van der Waals surface area contributed by atoms with Crippen molar-refractivity contribution in [1.82, 2.24) is 14.7 Å². The molecule has 0 bridgehead atoms. The van der Waals surface area contributed by atoms with Gasteiger partial charge in [-0.05, 0) is 32.0 Å². The quantitative estimate of drug-likeness (QED) is 0.572. The maximum atomic E-state index is 13.8. The Morgan fingerprint density at radius 2 is 2.12 bits per heavy atom. The highest BCUT2D eigenvalue weighted by Crippen LogP contribution is 2.22. The molecule has 0 saturated carbocycles. The molecule has 7 nitrogen and oxygen atoms in total. The third kappa shape index (κ3) is 3.78. The zero-order valence-corrected chi connectivity index (χ0v) is 15.0. The number of carbonyl (C=O) groups is 1. The molecule has 0 N–H and O–H groups in total. The number of hydrogen-bond donors (Lipinski definition) is 0. The van der Waals surface area contributed by atoms with Crippen LogP contribution < -0.4 is 0 Å². The lowest BCUT2D eigenvalue weighted by atomic mass is 10.2. The average Bonchev–Trinajstić information content (AvgIpc) is 2.77. The summed E-state index contributed by atoms with van der Waals surface area (Å²) in [4.78, 5) is 24.2. The first-order chi connectivity index (χ1) is 11.2. The second-order valence-corrected chi connectivity index (χ2v) is 6.34. The van der Waals surface area contributed by atoms with E-state index in [0.717, 1.165) is 0 Å². The van der Waals surface area contributed by atoms with Gasteiger partial charge in [-0.25, -0.2) is 4.39 Å². The molecule has 9 heteroatoms. The fourth-order valence-corrected chi connectivity index (χ4v) is 2.77. The molecule has 1 amide bonds. The summed E-state index contributed by atoms with van der Waals surface area (Å²) < 4.78 is 15.8. The van der Waals surface area contributed by atoms with Gasteiger partial charge in [0.1, 0.15) is 23.7 Å². The van der Waals surface area contributed by atoms with Gasteiger partial charge in [0.25, 0.3) is 0 Å². The van der Waals surface area contributed by atoms with Crippen molar-refractivity contribution >= 4 is 27.5 Å². The van der Waals surface area contributed by atoms with Crippen molar-refractivity contribution < 1.29 is 14.1 Å². The zero-order valence-electron chi connectivity index (χ0n) is 13.4. The van der Waals surface area contributed by atoms with Crippen molar-refractivity contribution in [3.8, 4) is 0 Å². The van der Waals surface area contributed by atoms with E-state index in [2.05, 4.69) is 21.0 Å². The molecular weight excluding hydrogens is 383 g/mol. The van der Waals surface area contributed by atoms with Crippen LogP contribution in [0.4, 0.5) is 10.1 Å². The Kier molecular flexibility index (Phi) is 5.33. The smallest absolute Gasteiger partial charge is 0.312 e. The third-order valence-corrected chi connectivity index (χ3v) is 4.15. The van der Waals surface area contributed by atoms with Crippen molar-refractivity contribution in [3.05, 3.63) is 55.6 Å². The number of aryl methyl sites for hydroxylation is 1. The molecule has 0 atom stereocenters. The van der Waals surface area contributed by atoms with Crippen LogP contribution in [0, 0.1) is 29.8 Å². The molecular formula is C15H16BrFN4O3. The predicted molar refractivity (Wildman–Crippen MR) is 88.9 cm³/mol. The number of carbonyl (C=O) groups excluding carboxylic acids is 1. The van der Waals surface area contributed by atoms with Gasteiger partial charge in [0.2, 0.25) is 5.91 Å². The van der Waals surface area contributed by atoms with Gasteiger partial charge in [-0.3, -0.25) is 19.6 Å². The van der Waals surface area contributed by atoms with Crippen LogP contribution >= 0.6 is 15.9 Å². The Hall–Kier alpha value is -2.29. The third-order valence-electron chi connectivity index (χ3n) is 3.65. The Morgan fingerprint density at radius 1 is 1.46 bits per heavy atom. The van der Waals surface area contributed by atoms with E-state index in [9.17, 15) is 19.3 Å². The van der Waals surface area contributed by atoms with E-state index in [-0.39, 0.29) is 30.4 Å². The molecule has 0 spiro atoms. The first-order valence-electron chi connectivity index (χ1n) is 7.07. The van der Waals surface area contributed by atoms with Gasteiger partial charge in [0.05, 0.1) is 4.92 Å². The van der Waals surface area contributed by atoms with E-state index in [4.69, 9.17) is 0 Å². The number of nitro groups is 1. The number of rotatable bonds is 5. The second-order valence-electron chi connectivity index (χ2n) is 5.42. The monoisotopic (exact) mass is 398 g/mol. The van der Waals surface area contributed by atoms with Crippen LogP contribution in [0.3, 0.4) is 0 Å². The SMILES string of the molecule is Cc1nn(CC(=O)N(C)Cc2cc(Br)ccc2F)c(C)c1[N+](=O)[O-]. The molecule has 0 aliphatic heterocycles. The molecule has 1 aromatic heterocycles. The predicted octanol–water partition coefficient (Wildman–Crippen LogP) is 2.97. The average molecular weight is 399 g/mol. The van der Waals surface area contributed by atoms with E-state index >= 15 is 0 Å². The van der Waals surface area contributed by atoms with Gasteiger partial charge in [-0.1, -0.05) is 15.9 Å². The van der Waals surface area contributed by atoms with E-state index in [1.165, 1.54) is 22.6 Å². The van der Waals surface area contributed by atoms with Crippen molar-refractivity contribution in [3.63, 3.8) is 0 Å². The number of likely N-dealkylation sites (N-methyl/N-ethyl adjacent to an activating group) is 1. The minimum Gasteiger partial charge on any atom is -0.340 e. The van der Waals surface area contributed by atoms with Crippen LogP contribution in [0.2, 0.25) is 0 Å². The molecule has 0 aliphatic carbocycles. The van der Waals surface area contributed by atoms with Gasteiger partial charge in [0.15, 0.2) is 0 Å². The number of nitrogens with zero attached hydrogens (tertiary/aromatic N) is 4. The molecule has 2 rings (SSSR count). The molecule has 1 heterocycles. The largest absolute Gasteiger partial charge is 0.340 e. The lowest BCUT2D eigenvalue weighted by Crippen LogP contribution is -2.30. The highest BCUT2D eigenvalue weighted by atomic mass is 79.9. The Morgan fingerprint density at radius 3 is 2.71 bits per heavy atom. The van der Waals surface area contributed by atoms with Crippen LogP contribution in [0.25, 0.3) is 0 Å². The molecule has 0 saturated heterocycles. The van der Waals surface area contributed by atoms with Gasteiger partial charge in [0, 0.05) is 23.6 Å². The fraction of sp³-hybridized carbons (Fsp3) is 0.333. The molecule has 24 heavy (non-hydrogen) atoms. The first kappa shape index (κ1) is 18.1. The van der Waals surface area contributed by atoms with Crippen molar-refractivity contribution in [2.24, 2.45) is 0 Å². The number of hydrogen-bond acceptors (Lipinski definition) is 4. The Bertz CT molecular complexity index is 806. The highest BCUT2D eigenvalue weighted by molar-refractivity contribution is 9.10. The normalized spacial score (nSPS) is 10.7. The van der Waals surface area contributed by atoms with Crippen LogP contribution in [0.15, 0.2) is 22.7 Å². The van der Waals surface area contributed by atoms with E-state index in [1.54, 1.807) is 26.1 Å². The molecule has 0 aliphatic rings. The number of halogens is 2. The zero-order chi connectivity index (χ0) is 18.0. The minimum absolute atomic E-state index is 0.0888. The summed E-state index contributed by atoms with van der Waals surface area (Å²) in [5.74, 6) is -0.727. The van der Waals surface area contributed by atoms with Crippen LogP contribution in [0.5, 0.6) is 0 Å². The Balaban J connectivity index is 2.14. The summed E-state index contributed by atoms with van der Waals surface area (Å²) >= 11 is 3.26. The standard InChI is InChI=1S/C15H16BrFN4O3/c1-9-15(21(23)24)10(2)20(18-9)8-14(22)19(3)7-11-6-12(16)4-5-13(11)17/h4-6H,7-8H2,1-3H3. The van der Waals surface area contributed by atoms with E-state index in [1.807, 2.05) is 0 Å². The molecule has 2 aromatic rings. The lowest BCUT2D eigenvalue weighted by Gasteiger charge is -2.18. The van der Waals surface area contributed by atoms with Crippen molar-refractivity contribution in [2.45, 2.75) is 26.9 Å². The second kappa shape index (κ2) is 7.08. The van der Waals surface area contributed by atoms with Gasteiger partial charge < -0.3 is 4.90 Å². The van der Waals surface area contributed by atoms with Gasteiger partial charge >= 0.3 is 5.69 Å². The molecule has 0 radical (unpaired) electrons. The van der Waals surface area contributed by atoms with Crippen LogP contribution in [0.1, 0.15) is 17.0 Å². The van der Waals surface area contributed by atoms with E-state index < -0.39 is 10.7 Å². The van der Waals surface area contributed by atoms with Crippen LogP contribution in [-0.4, -0.2) is 32.6 Å². The summed E-state index contributed by atoms with van der Waals surface area (Å²) in [6.45, 7) is 3.00. The number of benzene rings is 1. The fourth-order valence-electron chi connectivity index (χ4n) is 2.36. The number of aromatic nitrogens is 2. The lowest BCUT2D eigenvalue weighted by molar-refractivity contribution is -0.386. The first-order valence-corrected chi connectivity index (χ1v) is 7.86. The maximum Gasteiger partial charge on any atom is 0.312 e. The molecule has 1 aromatic carbocycles. The molecule has 0 fully saturated rings. The highest BCUT2D eigenvalue weighted by Gasteiger charge is 2.23. The topological polar surface area (TPSA) is 81.3 Å². The van der Waals surface area contributed by atoms with Gasteiger partial charge in [-0.2, -0.15) is 5.10 Å². The summed E-state index contributed by atoms with van der Waals surface area (Å²) in [6, 6.07) is 4.50. The molecule has 0 unspecified atom stereocenters. The summed E-state index contributed by atoms with van der Waals surface area (Å²) in [6.07, 6.45) is 0. The van der Waals surface area contributed by atoms with Crippen LogP contribution in [-0.2, 0) is 17.9 Å². The maximum absolute atomic E-state index is 13.8.